The summed E-state index contributed by atoms with van der Waals surface area (Å²) in [4.78, 5) is 16.8. The second kappa shape index (κ2) is 7.99. The van der Waals surface area contributed by atoms with Crippen LogP contribution in [-0.4, -0.2) is 37.0 Å². The Balaban J connectivity index is 1.36. The highest BCUT2D eigenvalue weighted by atomic mass is 32.1. The van der Waals surface area contributed by atoms with Crippen molar-refractivity contribution in [3.8, 4) is 0 Å². The zero-order valence-electron chi connectivity index (χ0n) is 15.9. The van der Waals surface area contributed by atoms with Gasteiger partial charge in [0.2, 0.25) is 5.91 Å². The third-order valence-electron chi connectivity index (χ3n) is 7.16. The largest absolute Gasteiger partial charge is 0.356 e. The van der Waals surface area contributed by atoms with Crippen LogP contribution < -0.4 is 11.1 Å². The van der Waals surface area contributed by atoms with Crippen LogP contribution in [0.2, 0.25) is 0 Å². The molecule has 0 spiro atoms. The van der Waals surface area contributed by atoms with Gasteiger partial charge in [-0.05, 0) is 81.3 Å². The molecule has 26 heavy (non-hydrogen) atoms. The van der Waals surface area contributed by atoms with Crippen LogP contribution in [0.4, 0.5) is 0 Å². The maximum Gasteiger partial charge on any atom is 0.223 e. The second-order valence-corrected chi connectivity index (χ2v) is 9.76. The van der Waals surface area contributed by atoms with Gasteiger partial charge in [-0.2, -0.15) is 0 Å². The lowest BCUT2D eigenvalue weighted by Gasteiger charge is -2.44. The minimum Gasteiger partial charge on any atom is -0.356 e. The summed E-state index contributed by atoms with van der Waals surface area (Å²) in [6, 6.07) is 5.17. The van der Waals surface area contributed by atoms with Gasteiger partial charge in [-0.25, -0.2) is 0 Å². The van der Waals surface area contributed by atoms with Crippen molar-refractivity contribution in [2.24, 2.45) is 29.4 Å². The number of piperidine rings is 1. The Morgan fingerprint density at radius 3 is 2.73 bits per heavy atom. The minimum absolute atomic E-state index is 0.187. The molecule has 1 aromatic heterocycles. The van der Waals surface area contributed by atoms with Gasteiger partial charge in [0.25, 0.3) is 0 Å². The van der Waals surface area contributed by atoms with Crippen LogP contribution in [0.3, 0.4) is 0 Å². The Kier molecular flexibility index (Phi) is 5.67. The van der Waals surface area contributed by atoms with Gasteiger partial charge in [0.15, 0.2) is 0 Å². The lowest BCUT2D eigenvalue weighted by atomic mass is 9.65. The van der Waals surface area contributed by atoms with E-state index in [0.29, 0.717) is 29.8 Å². The van der Waals surface area contributed by atoms with Crippen molar-refractivity contribution >= 4 is 17.2 Å². The Hall–Kier alpha value is -0.910. The zero-order valence-corrected chi connectivity index (χ0v) is 16.7. The third-order valence-corrected chi connectivity index (χ3v) is 8.11. The smallest absolute Gasteiger partial charge is 0.223 e. The SMILES string of the molecule is CN1CCCC(CNC(=O)C2CC3CCCC(C2)C3N)C1c1cccs1. The summed E-state index contributed by atoms with van der Waals surface area (Å²) in [6.45, 7) is 1.96. The standard InChI is InChI=1S/C21H33N3OS/c1-24-9-3-7-16(20(24)18-8-4-10-26-18)13-23-21(25)17-11-14-5-2-6-15(12-17)19(14)22/h4,8,10,14-17,19-20H,2-3,5-7,9,11-13,22H2,1H3,(H,23,25). The molecule has 0 radical (unpaired) electrons. The summed E-state index contributed by atoms with van der Waals surface area (Å²) in [6.07, 6.45) is 8.17. The van der Waals surface area contributed by atoms with E-state index in [2.05, 4.69) is 34.8 Å². The van der Waals surface area contributed by atoms with E-state index in [-0.39, 0.29) is 11.8 Å². The number of thiophene rings is 1. The van der Waals surface area contributed by atoms with E-state index >= 15 is 0 Å². The van der Waals surface area contributed by atoms with E-state index < -0.39 is 0 Å². The quantitative estimate of drug-likeness (QED) is 0.848. The molecule has 4 atom stereocenters. The maximum absolute atomic E-state index is 12.9. The number of carbonyl (C=O) groups is 1. The number of amides is 1. The molecule has 4 unspecified atom stereocenters. The van der Waals surface area contributed by atoms with Crippen molar-refractivity contribution in [3.63, 3.8) is 0 Å². The fourth-order valence-electron chi connectivity index (χ4n) is 5.76. The lowest BCUT2D eigenvalue weighted by molar-refractivity contribution is -0.128. The van der Waals surface area contributed by atoms with Gasteiger partial charge >= 0.3 is 0 Å². The van der Waals surface area contributed by atoms with E-state index in [1.807, 2.05) is 11.3 Å². The van der Waals surface area contributed by atoms with Crippen LogP contribution in [0.15, 0.2) is 17.5 Å². The highest BCUT2D eigenvalue weighted by Gasteiger charge is 2.41. The Labute approximate surface area is 161 Å². The molecular weight excluding hydrogens is 342 g/mol. The average molecular weight is 376 g/mol. The molecule has 1 amide bonds. The van der Waals surface area contributed by atoms with E-state index in [4.69, 9.17) is 5.73 Å². The van der Waals surface area contributed by atoms with Crippen LogP contribution in [0.1, 0.15) is 55.9 Å². The van der Waals surface area contributed by atoms with Crippen LogP contribution in [0.25, 0.3) is 0 Å². The summed E-state index contributed by atoms with van der Waals surface area (Å²) >= 11 is 1.84. The topological polar surface area (TPSA) is 58.4 Å². The number of nitrogens with two attached hydrogens (primary N) is 1. The Bertz CT molecular complexity index is 590. The Morgan fingerprint density at radius 1 is 1.27 bits per heavy atom. The predicted octanol–water partition coefficient (Wildman–Crippen LogP) is 3.40. The summed E-state index contributed by atoms with van der Waals surface area (Å²) in [5.74, 6) is 2.12. The molecule has 2 bridgehead atoms. The highest BCUT2D eigenvalue weighted by Crippen LogP contribution is 2.42. The van der Waals surface area contributed by atoms with Crippen LogP contribution in [0, 0.1) is 23.7 Å². The molecular formula is C21H33N3OS. The number of hydrogen-bond donors (Lipinski definition) is 2. The van der Waals surface area contributed by atoms with Gasteiger partial charge in [-0.3, -0.25) is 9.69 Å². The number of nitrogens with one attached hydrogen (secondary N) is 1. The van der Waals surface area contributed by atoms with E-state index in [1.54, 1.807) is 0 Å². The predicted molar refractivity (Wildman–Crippen MR) is 107 cm³/mol. The van der Waals surface area contributed by atoms with Crippen molar-refractivity contribution in [2.75, 3.05) is 20.1 Å². The molecule has 1 aromatic rings. The summed E-state index contributed by atoms with van der Waals surface area (Å²) < 4.78 is 0. The van der Waals surface area contributed by atoms with Gasteiger partial charge in [0.05, 0.1) is 0 Å². The van der Waals surface area contributed by atoms with Crippen molar-refractivity contribution in [1.82, 2.24) is 10.2 Å². The van der Waals surface area contributed by atoms with Crippen LogP contribution >= 0.6 is 11.3 Å². The Morgan fingerprint density at radius 2 is 2.04 bits per heavy atom. The second-order valence-electron chi connectivity index (χ2n) is 8.79. The van der Waals surface area contributed by atoms with Crippen LogP contribution in [0.5, 0.6) is 0 Å². The first-order valence-electron chi connectivity index (χ1n) is 10.4. The summed E-state index contributed by atoms with van der Waals surface area (Å²) in [5.41, 5.74) is 6.39. The summed E-state index contributed by atoms with van der Waals surface area (Å²) in [7, 11) is 2.22. The first-order valence-corrected chi connectivity index (χ1v) is 11.3. The van der Waals surface area contributed by atoms with E-state index in [0.717, 1.165) is 25.9 Å². The van der Waals surface area contributed by atoms with E-state index in [1.165, 1.54) is 37.0 Å². The molecule has 2 saturated carbocycles. The van der Waals surface area contributed by atoms with Crippen molar-refractivity contribution in [3.05, 3.63) is 22.4 Å². The first kappa shape index (κ1) is 18.5. The first-order chi connectivity index (χ1) is 12.6. The number of hydrogen-bond acceptors (Lipinski definition) is 4. The molecule has 0 aromatic carbocycles. The third kappa shape index (κ3) is 3.71. The number of fused-ring (bicyclic) bond motifs is 2. The molecule has 3 fully saturated rings. The highest BCUT2D eigenvalue weighted by molar-refractivity contribution is 7.10. The van der Waals surface area contributed by atoms with Gasteiger partial charge in [-0.1, -0.05) is 12.5 Å². The molecule has 1 aliphatic heterocycles. The molecule has 4 nitrogen and oxygen atoms in total. The molecule has 5 heteroatoms. The van der Waals surface area contributed by atoms with Gasteiger partial charge in [0, 0.05) is 29.4 Å². The molecule has 2 aliphatic carbocycles. The van der Waals surface area contributed by atoms with Gasteiger partial charge in [0.1, 0.15) is 0 Å². The van der Waals surface area contributed by atoms with E-state index in [9.17, 15) is 4.79 Å². The normalized spacial score (nSPS) is 38.1. The molecule has 2 heterocycles. The monoisotopic (exact) mass is 375 g/mol. The van der Waals surface area contributed by atoms with Crippen LogP contribution in [-0.2, 0) is 4.79 Å². The number of carbonyl (C=O) groups excluding carboxylic acids is 1. The number of nitrogens with zero attached hydrogens (tertiary/aromatic N) is 1. The van der Waals surface area contributed by atoms with Crippen molar-refractivity contribution < 1.29 is 4.79 Å². The van der Waals surface area contributed by atoms with Crippen molar-refractivity contribution in [2.45, 2.75) is 57.0 Å². The molecule has 3 N–H and O–H groups in total. The van der Waals surface area contributed by atoms with Crippen molar-refractivity contribution in [1.29, 1.82) is 0 Å². The summed E-state index contributed by atoms with van der Waals surface area (Å²) in [5, 5.41) is 5.50. The average Bonchev–Trinajstić information content (AvgIpc) is 3.13. The lowest BCUT2D eigenvalue weighted by Crippen LogP contribution is -2.50. The minimum atomic E-state index is 0.187. The maximum atomic E-state index is 12.9. The zero-order chi connectivity index (χ0) is 18.1. The fourth-order valence-corrected chi connectivity index (χ4v) is 6.74. The number of likely N-dealkylation sites (tertiary alicyclic amines) is 1. The van der Waals surface area contributed by atoms with Gasteiger partial charge < -0.3 is 11.1 Å². The number of rotatable bonds is 4. The van der Waals surface area contributed by atoms with Gasteiger partial charge in [-0.15, -0.1) is 11.3 Å². The molecule has 3 aliphatic rings. The molecule has 1 saturated heterocycles. The molecule has 4 rings (SSSR count). The fraction of sp³-hybridized carbons (Fsp3) is 0.762. The molecule has 144 valence electrons.